The summed E-state index contributed by atoms with van der Waals surface area (Å²) in [5.41, 5.74) is 1.39. The topological polar surface area (TPSA) is 64.6 Å². The Hall–Kier alpha value is -1.05. The predicted molar refractivity (Wildman–Crippen MR) is 94.6 cm³/mol. The Labute approximate surface area is 140 Å². The van der Waals surface area contributed by atoms with Crippen molar-refractivity contribution in [2.24, 2.45) is 0 Å². The molecule has 0 spiro atoms. The molecule has 1 fully saturated rings. The minimum atomic E-state index is -3.32. The number of sulfonamides is 1. The quantitative estimate of drug-likeness (QED) is 0.837. The van der Waals surface area contributed by atoms with Crippen LogP contribution in [-0.4, -0.2) is 32.5 Å². The Morgan fingerprint density at radius 2 is 1.70 bits per heavy atom. The zero-order valence-electron chi connectivity index (χ0n) is 14.8. The Morgan fingerprint density at radius 1 is 1.13 bits per heavy atom. The van der Waals surface area contributed by atoms with Gasteiger partial charge in [0.05, 0.1) is 22.6 Å². The molecule has 0 aliphatic carbocycles. The maximum absolute atomic E-state index is 12.0. The van der Waals surface area contributed by atoms with Crippen molar-refractivity contribution < 1.29 is 17.7 Å². The van der Waals surface area contributed by atoms with Crippen LogP contribution >= 0.6 is 0 Å². The van der Waals surface area contributed by atoms with Crippen LogP contribution in [0.1, 0.15) is 46.6 Å². The molecule has 1 aliphatic heterocycles. The van der Waals surface area contributed by atoms with Crippen molar-refractivity contribution in [1.29, 1.82) is 0 Å². The molecule has 23 heavy (non-hydrogen) atoms. The van der Waals surface area contributed by atoms with Crippen molar-refractivity contribution in [3.63, 3.8) is 0 Å². The monoisotopic (exact) mass is 339 g/mol. The average Bonchev–Trinajstić information content (AvgIpc) is 2.60. The summed E-state index contributed by atoms with van der Waals surface area (Å²) in [6.07, 6.45) is 0.575. The molecule has 1 saturated heterocycles. The van der Waals surface area contributed by atoms with Crippen LogP contribution in [0.4, 0.5) is 5.69 Å². The lowest BCUT2D eigenvalue weighted by Gasteiger charge is -2.32. The predicted octanol–water partition coefficient (Wildman–Crippen LogP) is 2.45. The first-order valence-electron chi connectivity index (χ1n) is 7.95. The van der Waals surface area contributed by atoms with Crippen molar-refractivity contribution in [2.75, 3.05) is 10.5 Å². The highest BCUT2D eigenvalue weighted by molar-refractivity contribution is 7.92. The molecule has 1 aromatic rings. The standard InChI is InChI=1S/C16H26BNO4S/c1-7-11-23(19,20)18-14-10-8-9-13(12(14)2)17-21-15(3,4)16(5,6)22-17/h8-10,18H,7,11H2,1-6H3. The number of anilines is 1. The van der Waals surface area contributed by atoms with E-state index in [4.69, 9.17) is 9.31 Å². The van der Waals surface area contributed by atoms with Crippen LogP contribution in [0.5, 0.6) is 0 Å². The summed E-state index contributed by atoms with van der Waals surface area (Å²) in [4.78, 5) is 0. The molecule has 1 aromatic carbocycles. The third kappa shape index (κ3) is 3.73. The van der Waals surface area contributed by atoms with Crippen LogP contribution in [0.3, 0.4) is 0 Å². The minimum Gasteiger partial charge on any atom is -0.399 e. The molecule has 128 valence electrons. The maximum Gasteiger partial charge on any atom is 0.495 e. The average molecular weight is 339 g/mol. The smallest absolute Gasteiger partial charge is 0.399 e. The molecule has 0 atom stereocenters. The summed E-state index contributed by atoms with van der Waals surface area (Å²) in [5.74, 6) is 0.104. The summed E-state index contributed by atoms with van der Waals surface area (Å²) >= 11 is 0. The second-order valence-electron chi connectivity index (χ2n) is 7.03. The largest absolute Gasteiger partial charge is 0.495 e. The third-order valence-corrected chi connectivity index (χ3v) is 6.10. The highest BCUT2D eigenvalue weighted by Gasteiger charge is 2.52. The number of hydrogen-bond donors (Lipinski definition) is 1. The van der Waals surface area contributed by atoms with Crippen LogP contribution in [-0.2, 0) is 19.3 Å². The van der Waals surface area contributed by atoms with Crippen LogP contribution < -0.4 is 10.2 Å². The summed E-state index contributed by atoms with van der Waals surface area (Å²) in [5, 5.41) is 0. The van der Waals surface area contributed by atoms with Gasteiger partial charge in [0.1, 0.15) is 0 Å². The van der Waals surface area contributed by atoms with E-state index >= 15 is 0 Å². The van der Waals surface area contributed by atoms with E-state index in [9.17, 15) is 8.42 Å². The molecule has 0 bridgehead atoms. The molecule has 0 saturated carbocycles. The highest BCUT2D eigenvalue weighted by atomic mass is 32.2. The molecule has 0 aromatic heterocycles. The van der Waals surface area contributed by atoms with Gasteiger partial charge >= 0.3 is 7.12 Å². The Bertz CT molecular complexity index is 669. The molecule has 5 nitrogen and oxygen atoms in total. The molecule has 1 aliphatic rings. The molecule has 7 heteroatoms. The normalized spacial score (nSPS) is 19.8. The van der Waals surface area contributed by atoms with E-state index in [0.29, 0.717) is 12.1 Å². The molecule has 1 N–H and O–H groups in total. The minimum absolute atomic E-state index is 0.104. The highest BCUT2D eigenvalue weighted by Crippen LogP contribution is 2.37. The van der Waals surface area contributed by atoms with Gasteiger partial charge in [-0.2, -0.15) is 0 Å². The lowest BCUT2D eigenvalue weighted by Crippen LogP contribution is -2.41. The fourth-order valence-corrected chi connectivity index (χ4v) is 3.67. The number of rotatable bonds is 5. The van der Waals surface area contributed by atoms with Gasteiger partial charge in [0.15, 0.2) is 0 Å². The van der Waals surface area contributed by atoms with E-state index in [1.165, 1.54) is 0 Å². The van der Waals surface area contributed by atoms with Gasteiger partial charge in [0.2, 0.25) is 10.0 Å². The molecule has 0 radical (unpaired) electrons. The molecule has 1 heterocycles. The van der Waals surface area contributed by atoms with E-state index in [1.807, 2.05) is 53.7 Å². The van der Waals surface area contributed by atoms with E-state index in [1.54, 1.807) is 6.07 Å². The Balaban J connectivity index is 2.31. The van der Waals surface area contributed by atoms with Crippen LogP contribution in [0.25, 0.3) is 0 Å². The first-order valence-corrected chi connectivity index (χ1v) is 9.60. The van der Waals surface area contributed by atoms with Gasteiger partial charge in [-0.15, -0.1) is 0 Å². The van der Waals surface area contributed by atoms with Crippen molar-refractivity contribution >= 4 is 28.3 Å². The first kappa shape index (κ1) is 18.3. The van der Waals surface area contributed by atoms with Gasteiger partial charge < -0.3 is 9.31 Å². The molecular formula is C16H26BNO4S. The van der Waals surface area contributed by atoms with Gasteiger partial charge in [-0.05, 0) is 58.1 Å². The van der Waals surface area contributed by atoms with Crippen molar-refractivity contribution in [3.8, 4) is 0 Å². The fourth-order valence-electron chi connectivity index (χ4n) is 2.48. The molecule has 2 rings (SSSR count). The lowest BCUT2D eigenvalue weighted by molar-refractivity contribution is 0.00578. The lowest BCUT2D eigenvalue weighted by atomic mass is 9.76. The SMILES string of the molecule is CCCS(=O)(=O)Nc1cccc(B2OC(C)(C)C(C)(C)O2)c1C. The first-order chi connectivity index (χ1) is 10.5. The molecular weight excluding hydrogens is 313 g/mol. The summed E-state index contributed by atoms with van der Waals surface area (Å²) in [6, 6.07) is 5.49. The Morgan fingerprint density at radius 3 is 2.22 bits per heavy atom. The maximum atomic E-state index is 12.0. The number of benzene rings is 1. The zero-order valence-corrected chi connectivity index (χ0v) is 15.6. The summed E-state index contributed by atoms with van der Waals surface area (Å²) < 4.78 is 38.8. The van der Waals surface area contributed by atoms with Crippen LogP contribution in [0.2, 0.25) is 0 Å². The van der Waals surface area contributed by atoms with E-state index in [0.717, 1.165) is 11.0 Å². The van der Waals surface area contributed by atoms with Gasteiger partial charge in [0, 0.05) is 0 Å². The van der Waals surface area contributed by atoms with Gasteiger partial charge in [-0.25, -0.2) is 8.42 Å². The molecule has 0 amide bonds. The van der Waals surface area contributed by atoms with Gasteiger partial charge in [-0.3, -0.25) is 4.72 Å². The second-order valence-corrected chi connectivity index (χ2v) is 8.87. The van der Waals surface area contributed by atoms with E-state index < -0.39 is 28.3 Å². The Kier molecular flexibility index (Phi) is 4.86. The van der Waals surface area contributed by atoms with Gasteiger partial charge in [-0.1, -0.05) is 19.1 Å². The number of nitrogens with one attached hydrogen (secondary N) is 1. The summed E-state index contributed by atoms with van der Waals surface area (Å²) in [6.45, 7) is 11.7. The van der Waals surface area contributed by atoms with E-state index in [2.05, 4.69) is 4.72 Å². The van der Waals surface area contributed by atoms with Crippen molar-refractivity contribution in [3.05, 3.63) is 23.8 Å². The summed E-state index contributed by atoms with van der Waals surface area (Å²) in [7, 11) is -3.83. The van der Waals surface area contributed by atoms with Gasteiger partial charge in [0.25, 0.3) is 0 Å². The van der Waals surface area contributed by atoms with Crippen molar-refractivity contribution in [1.82, 2.24) is 0 Å². The zero-order chi connectivity index (χ0) is 17.5. The second kappa shape index (κ2) is 6.11. The fraction of sp³-hybridized carbons (Fsp3) is 0.625. The molecule has 0 unspecified atom stereocenters. The van der Waals surface area contributed by atoms with Crippen molar-refractivity contribution in [2.45, 2.75) is 59.2 Å². The van der Waals surface area contributed by atoms with Crippen LogP contribution in [0.15, 0.2) is 18.2 Å². The third-order valence-electron chi connectivity index (χ3n) is 4.62. The van der Waals surface area contributed by atoms with E-state index in [-0.39, 0.29) is 5.75 Å². The number of hydrogen-bond acceptors (Lipinski definition) is 4. The van der Waals surface area contributed by atoms with Crippen LogP contribution in [0, 0.1) is 6.92 Å².